The van der Waals surface area contributed by atoms with Gasteiger partial charge < -0.3 is 9.84 Å². The Hall–Kier alpha value is -0.860. The van der Waals surface area contributed by atoms with E-state index in [-0.39, 0.29) is 11.5 Å². The van der Waals surface area contributed by atoms with Crippen molar-refractivity contribution in [2.45, 2.75) is 18.2 Å². The Morgan fingerprint density at radius 1 is 1.26 bits per heavy atom. The molecule has 8 heteroatoms. The first kappa shape index (κ1) is 18.5. The summed E-state index contributed by atoms with van der Waals surface area (Å²) in [4.78, 5) is 2.24. The first-order chi connectivity index (χ1) is 11.0. The largest absolute Gasteiger partial charge is 0.492 e. The fourth-order valence-electron chi connectivity index (χ4n) is 2.45. The van der Waals surface area contributed by atoms with Gasteiger partial charge >= 0.3 is 0 Å². The molecule has 0 radical (unpaired) electrons. The number of ether oxygens (including phenoxy) is 1. The highest BCUT2D eigenvalue weighted by molar-refractivity contribution is 7.89. The molecular weight excluding hydrogens is 340 g/mol. The number of rotatable bonds is 7. The van der Waals surface area contributed by atoms with Gasteiger partial charge in [-0.15, -0.1) is 0 Å². The number of sulfonamides is 1. The molecule has 0 saturated carbocycles. The smallest absolute Gasteiger partial charge is 0.243 e. The third-order valence-electron chi connectivity index (χ3n) is 3.75. The Labute approximate surface area is 142 Å². The Balaban J connectivity index is 2.13. The number of halogens is 1. The van der Waals surface area contributed by atoms with Gasteiger partial charge in [0, 0.05) is 38.8 Å². The van der Waals surface area contributed by atoms with E-state index in [1.807, 2.05) is 11.8 Å². The molecule has 0 amide bonds. The zero-order valence-corrected chi connectivity index (χ0v) is 14.8. The van der Waals surface area contributed by atoms with Crippen molar-refractivity contribution in [3.05, 3.63) is 23.2 Å². The number of nitrogens with zero attached hydrogens (tertiary/aromatic N) is 2. The minimum absolute atomic E-state index is 0.0854. The molecule has 0 unspecified atom stereocenters. The normalized spacial score (nSPS) is 17.3. The fraction of sp³-hybridized carbons (Fsp3) is 0.600. The summed E-state index contributed by atoms with van der Waals surface area (Å²) in [6, 6.07) is 4.56. The molecular formula is C15H23ClN2O4S. The lowest BCUT2D eigenvalue weighted by Crippen LogP contribution is -2.49. The standard InChI is InChI=1S/C15H23ClN2O4S/c1-2-11-22-15-12-13(3-4-14(15)16)23(20,21)18-7-5-17(6-8-18)9-10-19/h3-4,12,19H,2,5-11H2,1H3. The van der Waals surface area contributed by atoms with E-state index in [1.54, 1.807) is 6.07 Å². The number of aliphatic hydroxyl groups excluding tert-OH is 1. The third kappa shape index (κ3) is 4.58. The second-order valence-electron chi connectivity index (χ2n) is 5.41. The molecule has 0 aromatic heterocycles. The summed E-state index contributed by atoms with van der Waals surface area (Å²) in [6.45, 7) is 5.18. The van der Waals surface area contributed by atoms with Gasteiger partial charge in [-0.1, -0.05) is 18.5 Å². The fourth-order valence-corrected chi connectivity index (χ4v) is 4.06. The van der Waals surface area contributed by atoms with Crippen LogP contribution in [0.1, 0.15) is 13.3 Å². The zero-order chi connectivity index (χ0) is 16.9. The molecule has 1 aromatic rings. The van der Waals surface area contributed by atoms with Crippen LogP contribution in [0.2, 0.25) is 5.02 Å². The minimum Gasteiger partial charge on any atom is -0.492 e. The third-order valence-corrected chi connectivity index (χ3v) is 5.96. The van der Waals surface area contributed by atoms with Crippen LogP contribution in [-0.4, -0.2) is 68.7 Å². The van der Waals surface area contributed by atoms with E-state index in [4.69, 9.17) is 21.4 Å². The highest BCUT2D eigenvalue weighted by Crippen LogP contribution is 2.29. The van der Waals surface area contributed by atoms with Crippen molar-refractivity contribution < 1.29 is 18.3 Å². The molecule has 1 N–H and O–H groups in total. The van der Waals surface area contributed by atoms with Crippen LogP contribution in [-0.2, 0) is 10.0 Å². The highest BCUT2D eigenvalue weighted by atomic mass is 35.5. The zero-order valence-electron chi connectivity index (χ0n) is 13.2. The molecule has 0 spiro atoms. The number of piperazine rings is 1. The van der Waals surface area contributed by atoms with Gasteiger partial charge in [0.25, 0.3) is 0 Å². The van der Waals surface area contributed by atoms with E-state index in [2.05, 4.69) is 0 Å². The Bertz CT molecular complexity index is 616. The number of hydrogen-bond donors (Lipinski definition) is 1. The summed E-state index contributed by atoms with van der Waals surface area (Å²) in [5.74, 6) is 0.397. The molecule has 1 aliphatic rings. The van der Waals surface area contributed by atoms with Crippen LogP contribution in [0.25, 0.3) is 0 Å². The van der Waals surface area contributed by atoms with E-state index in [0.717, 1.165) is 6.42 Å². The van der Waals surface area contributed by atoms with Crippen molar-refractivity contribution >= 4 is 21.6 Å². The number of β-amino-alcohol motifs (C(OH)–C–C–N with tert-alkyl or cyclic N) is 1. The van der Waals surface area contributed by atoms with Crippen molar-refractivity contribution in [3.8, 4) is 5.75 Å². The van der Waals surface area contributed by atoms with Crippen LogP contribution in [0, 0.1) is 0 Å². The first-order valence-electron chi connectivity index (χ1n) is 7.74. The molecule has 0 atom stereocenters. The van der Waals surface area contributed by atoms with Crippen LogP contribution in [0.5, 0.6) is 5.75 Å². The quantitative estimate of drug-likeness (QED) is 0.794. The van der Waals surface area contributed by atoms with E-state index in [0.29, 0.717) is 50.1 Å². The molecule has 1 aliphatic heterocycles. The van der Waals surface area contributed by atoms with Gasteiger partial charge in [-0.05, 0) is 18.6 Å². The summed E-state index contributed by atoms with van der Waals surface area (Å²) in [5.41, 5.74) is 0. The van der Waals surface area contributed by atoms with Gasteiger partial charge in [0.2, 0.25) is 10.0 Å². The SMILES string of the molecule is CCCOc1cc(S(=O)(=O)N2CCN(CCO)CC2)ccc1Cl. The van der Waals surface area contributed by atoms with Crippen LogP contribution < -0.4 is 4.74 Å². The lowest BCUT2D eigenvalue weighted by molar-refractivity contribution is 0.151. The van der Waals surface area contributed by atoms with Gasteiger partial charge in [0.1, 0.15) is 5.75 Å². The molecule has 6 nitrogen and oxygen atoms in total. The molecule has 1 aromatic carbocycles. The van der Waals surface area contributed by atoms with Crippen molar-refractivity contribution in [1.82, 2.24) is 9.21 Å². The van der Waals surface area contributed by atoms with Gasteiger partial charge in [-0.2, -0.15) is 4.31 Å². The lowest BCUT2D eigenvalue weighted by atomic mass is 10.3. The maximum absolute atomic E-state index is 12.7. The van der Waals surface area contributed by atoms with Crippen molar-refractivity contribution in [1.29, 1.82) is 0 Å². The summed E-state index contributed by atoms with van der Waals surface area (Å²) in [5, 5.41) is 9.36. The maximum Gasteiger partial charge on any atom is 0.243 e. The predicted molar refractivity (Wildman–Crippen MR) is 89.5 cm³/mol. The average molecular weight is 363 g/mol. The Morgan fingerprint density at radius 2 is 1.96 bits per heavy atom. The van der Waals surface area contributed by atoms with E-state index >= 15 is 0 Å². The van der Waals surface area contributed by atoms with Gasteiger partial charge in [-0.25, -0.2) is 8.42 Å². The minimum atomic E-state index is -3.56. The van der Waals surface area contributed by atoms with E-state index in [1.165, 1.54) is 16.4 Å². The summed E-state index contributed by atoms with van der Waals surface area (Å²) >= 11 is 6.06. The van der Waals surface area contributed by atoms with E-state index < -0.39 is 10.0 Å². The molecule has 2 rings (SSSR count). The van der Waals surface area contributed by atoms with Crippen molar-refractivity contribution in [2.75, 3.05) is 45.9 Å². The molecule has 23 heavy (non-hydrogen) atoms. The number of hydrogen-bond acceptors (Lipinski definition) is 5. The Morgan fingerprint density at radius 3 is 2.57 bits per heavy atom. The van der Waals surface area contributed by atoms with Crippen LogP contribution in [0.15, 0.2) is 23.1 Å². The highest BCUT2D eigenvalue weighted by Gasteiger charge is 2.28. The number of aliphatic hydroxyl groups is 1. The van der Waals surface area contributed by atoms with E-state index in [9.17, 15) is 8.42 Å². The molecule has 1 fully saturated rings. The van der Waals surface area contributed by atoms with Crippen molar-refractivity contribution in [2.24, 2.45) is 0 Å². The van der Waals surface area contributed by atoms with Gasteiger partial charge in [-0.3, -0.25) is 4.90 Å². The molecule has 1 heterocycles. The molecule has 130 valence electrons. The van der Waals surface area contributed by atoms with Crippen LogP contribution in [0.3, 0.4) is 0 Å². The van der Waals surface area contributed by atoms with Gasteiger partial charge in [0.15, 0.2) is 0 Å². The predicted octanol–water partition coefficient (Wildman–Crippen LogP) is 1.43. The summed E-state index contributed by atoms with van der Waals surface area (Å²) in [6.07, 6.45) is 0.820. The maximum atomic E-state index is 12.7. The average Bonchev–Trinajstić information content (AvgIpc) is 2.55. The van der Waals surface area contributed by atoms with Crippen molar-refractivity contribution in [3.63, 3.8) is 0 Å². The summed E-state index contributed by atoms with van der Waals surface area (Å²) in [7, 11) is -3.56. The first-order valence-corrected chi connectivity index (χ1v) is 9.56. The van der Waals surface area contributed by atoms with Gasteiger partial charge in [0.05, 0.1) is 23.1 Å². The van der Waals surface area contributed by atoms with Crippen LogP contribution >= 0.6 is 11.6 Å². The number of benzene rings is 1. The lowest BCUT2D eigenvalue weighted by Gasteiger charge is -2.33. The topological polar surface area (TPSA) is 70.1 Å². The second kappa shape index (κ2) is 8.30. The second-order valence-corrected chi connectivity index (χ2v) is 7.76. The monoisotopic (exact) mass is 362 g/mol. The Kier molecular flexibility index (Phi) is 6.67. The molecule has 0 bridgehead atoms. The molecule has 1 saturated heterocycles. The summed E-state index contributed by atoms with van der Waals surface area (Å²) < 4.78 is 32.5. The molecule has 0 aliphatic carbocycles. The van der Waals surface area contributed by atoms with Crippen LogP contribution in [0.4, 0.5) is 0 Å².